The van der Waals surface area contributed by atoms with Crippen molar-refractivity contribution in [1.29, 1.82) is 0 Å². The molecule has 0 atom stereocenters. The molecule has 26 heavy (non-hydrogen) atoms. The van der Waals surface area contributed by atoms with E-state index in [1.165, 1.54) is 0 Å². The fourth-order valence-electron chi connectivity index (χ4n) is 2.56. The highest BCUT2D eigenvalue weighted by Crippen LogP contribution is 2.24. The van der Waals surface area contributed by atoms with Crippen LogP contribution in [0.25, 0.3) is 0 Å². The van der Waals surface area contributed by atoms with Crippen LogP contribution in [0.1, 0.15) is 17.5 Å². The first kappa shape index (κ1) is 20.0. The monoisotopic (exact) mass is 418 g/mol. The number of benzene rings is 2. The summed E-state index contributed by atoms with van der Waals surface area (Å²) in [6, 6.07) is 15.2. The van der Waals surface area contributed by atoms with E-state index in [0.717, 1.165) is 21.3 Å². The van der Waals surface area contributed by atoms with Crippen LogP contribution in [0.15, 0.2) is 53.0 Å². The van der Waals surface area contributed by atoms with Crippen molar-refractivity contribution in [1.82, 2.24) is 10.2 Å². The predicted molar refractivity (Wildman–Crippen MR) is 105 cm³/mol. The molecule has 1 N–H and O–H groups in total. The van der Waals surface area contributed by atoms with E-state index in [9.17, 15) is 9.59 Å². The molecule has 0 aliphatic rings. The predicted octanol–water partition coefficient (Wildman–Crippen LogP) is 3.17. The molecule has 0 bridgehead atoms. The Labute approximate surface area is 162 Å². The zero-order valence-corrected chi connectivity index (χ0v) is 16.6. The van der Waals surface area contributed by atoms with Gasteiger partial charge in [0.2, 0.25) is 11.8 Å². The SMILES string of the molecule is COc1ccc(Br)cc1CN(C)C(=O)CCNC(=O)Cc1ccccc1. The molecule has 2 rings (SSSR count). The second-order valence-corrected chi connectivity index (χ2v) is 6.88. The Morgan fingerprint density at radius 1 is 1.15 bits per heavy atom. The Kier molecular flexibility index (Phi) is 7.66. The lowest BCUT2D eigenvalue weighted by Crippen LogP contribution is -2.32. The largest absolute Gasteiger partial charge is 0.496 e. The van der Waals surface area contributed by atoms with Crippen molar-refractivity contribution in [2.75, 3.05) is 20.7 Å². The van der Waals surface area contributed by atoms with Crippen LogP contribution in [0.4, 0.5) is 0 Å². The number of halogens is 1. The number of rotatable bonds is 8. The van der Waals surface area contributed by atoms with E-state index in [-0.39, 0.29) is 18.2 Å². The Hall–Kier alpha value is -2.34. The Morgan fingerprint density at radius 3 is 2.58 bits per heavy atom. The van der Waals surface area contributed by atoms with E-state index in [4.69, 9.17) is 4.74 Å². The van der Waals surface area contributed by atoms with Gasteiger partial charge in [-0.25, -0.2) is 0 Å². The summed E-state index contributed by atoms with van der Waals surface area (Å²) in [4.78, 5) is 25.8. The number of hydrogen-bond donors (Lipinski definition) is 1. The van der Waals surface area contributed by atoms with Crippen LogP contribution in [-0.2, 0) is 22.6 Å². The van der Waals surface area contributed by atoms with Crippen LogP contribution in [0.5, 0.6) is 5.75 Å². The van der Waals surface area contributed by atoms with Crippen molar-refractivity contribution in [3.05, 3.63) is 64.1 Å². The van der Waals surface area contributed by atoms with Gasteiger partial charge < -0.3 is 15.0 Å². The smallest absolute Gasteiger partial charge is 0.224 e. The molecule has 0 spiro atoms. The van der Waals surface area contributed by atoms with E-state index in [2.05, 4.69) is 21.2 Å². The Balaban J connectivity index is 1.78. The number of nitrogens with one attached hydrogen (secondary N) is 1. The summed E-state index contributed by atoms with van der Waals surface area (Å²) in [7, 11) is 3.35. The van der Waals surface area contributed by atoms with Crippen molar-refractivity contribution in [2.24, 2.45) is 0 Å². The third-order valence-electron chi connectivity index (χ3n) is 3.94. The molecule has 0 saturated heterocycles. The summed E-state index contributed by atoms with van der Waals surface area (Å²) >= 11 is 3.43. The summed E-state index contributed by atoms with van der Waals surface area (Å²) in [5.74, 6) is 0.622. The standard InChI is InChI=1S/C20H23BrN2O3/c1-23(14-16-13-17(21)8-9-18(16)26-2)20(25)10-11-22-19(24)12-15-6-4-3-5-7-15/h3-9,13H,10-12,14H2,1-2H3,(H,22,24). The number of hydrogen-bond acceptors (Lipinski definition) is 3. The van der Waals surface area contributed by atoms with E-state index < -0.39 is 0 Å². The van der Waals surface area contributed by atoms with E-state index in [1.807, 2.05) is 48.5 Å². The van der Waals surface area contributed by atoms with E-state index >= 15 is 0 Å². The fraction of sp³-hybridized carbons (Fsp3) is 0.300. The zero-order valence-electron chi connectivity index (χ0n) is 15.0. The average Bonchev–Trinajstić information content (AvgIpc) is 2.62. The second kappa shape index (κ2) is 9.97. The highest BCUT2D eigenvalue weighted by molar-refractivity contribution is 9.10. The van der Waals surface area contributed by atoms with Crippen molar-refractivity contribution in [3.8, 4) is 5.75 Å². The number of carbonyl (C=O) groups is 2. The maximum atomic E-state index is 12.3. The van der Waals surface area contributed by atoms with Crippen LogP contribution in [0.2, 0.25) is 0 Å². The third kappa shape index (κ3) is 6.19. The first-order chi connectivity index (χ1) is 12.5. The van der Waals surface area contributed by atoms with Gasteiger partial charge in [-0.15, -0.1) is 0 Å². The zero-order chi connectivity index (χ0) is 18.9. The molecule has 5 nitrogen and oxygen atoms in total. The topological polar surface area (TPSA) is 58.6 Å². The van der Waals surface area contributed by atoms with Gasteiger partial charge in [-0.3, -0.25) is 9.59 Å². The maximum absolute atomic E-state index is 12.3. The highest BCUT2D eigenvalue weighted by Gasteiger charge is 2.13. The summed E-state index contributed by atoms with van der Waals surface area (Å²) in [5.41, 5.74) is 1.88. The average molecular weight is 419 g/mol. The molecule has 0 radical (unpaired) electrons. The van der Waals surface area contributed by atoms with Gasteiger partial charge in [0.1, 0.15) is 5.75 Å². The van der Waals surface area contributed by atoms with Crippen LogP contribution < -0.4 is 10.1 Å². The number of ether oxygens (including phenoxy) is 1. The molecule has 138 valence electrons. The van der Waals surface area contributed by atoms with Crippen molar-refractivity contribution < 1.29 is 14.3 Å². The fourth-order valence-corrected chi connectivity index (χ4v) is 2.97. The molecular formula is C20H23BrN2O3. The van der Waals surface area contributed by atoms with Gasteiger partial charge in [-0.2, -0.15) is 0 Å². The lowest BCUT2D eigenvalue weighted by atomic mass is 10.1. The van der Waals surface area contributed by atoms with Crippen LogP contribution in [0, 0.1) is 0 Å². The number of nitrogens with zero attached hydrogens (tertiary/aromatic N) is 1. The minimum absolute atomic E-state index is 0.0351. The number of methoxy groups -OCH3 is 1. The minimum atomic E-state index is -0.0830. The van der Waals surface area contributed by atoms with Crippen LogP contribution in [-0.4, -0.2) is 37.4 Å². The van der Waals surface area contributed by atoms with Crippen LogP contribution >= 0.6 is 15.9 Å². The summed E-state index contributed by atoms with van der Waals surface area (Å²) in [6.45, 7) is 0.768. The Bertz CT molecular complexity index is 750. The van der Waals surface area contributed by atoms with Crippen LogP contribution in [0.3, 0.4) is 0 Å². The molecule has 2 aromatic carbocycles. The van der Waals surface area contributed by atoms with Gasteiger partial charge in [0.05, 0.1) is 13.5 Å². The quantitative estimate of drug-likeness (QED) is 0.715. The second-order valence-electron chi connectivity index (χ2n) is 5.97. The molecule has 2 aromatic rings. The molecular weight excluding hydrogens is 396 g/mol. The van der Waals surface area contributed by atoms with Crippen molar-refractivity contribution in [2.45, 2.75) is 19.4 Å². The lowest BCUT2D eigenvalue weighted by molar-refractivity contribution is -0.130. The molecule has 2 amide bonds. The molecule has 0 aliphatic carbocycles. The molecule has 6 heteroatoms. The first-order valence-electron chi connectivity index (χ1n) is 8.36. The number of amides is 2. The minimum Gasteiger partial charge on any atom is -0.496 e. The summed E-state index contributed by atoms with van der Waals surface area (Å²) in [6.07, 6.45) is 0.577. The lowest BCUT2D eigenvalue weighted by Gasteiger charge is -2.19. The molecule has 0 unspecified atom stereocenters. The van der Waals surface area contributed by atoms with E-state index in [1.54, 1.807) is 19.1 Å². The summed E-state index contributed by atoms with van der Waals surface area (Å²) in [5, 5.41) is 2.79. The normalized spacial score (nSPS) is 10.3. The molecule has 0 aromatic heterocycles. The summed E-state index contributed by atoms with van der Waals surface area (Å²) < 4.78 is 6.27. The van der Waals surface area contributed by atoms with Gasteiger partial charge in [0.15, 0.2) is 0 Å². The molecule has 0 heterocycles. The highest BCUT2D eigenvalue weighted by atomic mass is 79.9. The van der Waals surface area contributed by atoms with Gasteiger partial charge >= 0.3 is 0 Å². The van der Waals surface area contributed by atoms with Crippen molar-refractivity contribution in [3.63, 3.8) is 0 Å². The molecule has 0 aliphatic heterocycles. The third-order valence-corrected chi connectivity index (χ3v) is 4.44. The van der Waals surface area contributed by atoms with Gasteiger partial charge in [-0.1, -0.05) is 46.3 Å². The van der Waals surface area contributed by atoms with Gasteiger partial charge in [0.25, 0.3) is 0 Å². The maximum Gasteiger partial charge on any atom is 0.224 e. The Morgan fingerprint density at radius 2 is 1.88 bits per heavy atom. The van der Waals surface area contributed by atoms with Crippen molar-refractivity contribution >= 4 is 27.7 Å². The number of carbonyl (C=O) groups excluding carboxylic acids is 2. The first-order valence-corrected chi connectivity index (χ1v) is 9.16. The molecule has 0 fully saturated rings. The molecule has 0 saturated carbocycles. The van der Waals surface area contributed by atoms with E-state index in [0.29, 0.717) is 19.5 Å². The van der Waals surface area contributed by atoms with Gasteiger partial charge in [-0.05, 0) is 23.8 Å². The van der Waals surface area contributed by atoms with Gasteiger partial charge in [0, 0.05) is 36.6 Å².